The molecule has 4 rings (SSSR count). The van der Waals surface area contributed by atoms with E-state index < -0.39 is 17.0 Å². The van der Waals surface area contributed by atoms with Gasteiger partial charge in [-0.2, -0.15) is 13.9 Å². The topological polar surface area (TPSA) is 90.0 Å². The second-order valence-corrected chi connectivity index (χ2v) is 7.26. The van der Waals surface area contributed by atoms with Gasteiger partial charge in [0.1, 0.15) is 12.0 Å². The first-order valence-electron chi connectivity index (χ1n) is 8.90. The summed E-state index contributed by atoms with van der Waals surface area (Å²) >= 11 is 5.16. The number of rotatable bonds is 5. The minimum absolute atomic E-state index is 0.0664. The molecule has 4 aromatic rings. The third-order valence-corrected chi connectivity index (χ3v) is 4.46. The van der Waals surface area contributed by atoms with Crippen molar-refractivity contribution in [3.05, 3.63) is 70.9 Å². The predicted octanol–water partition coefficient (Wildman–Crippen LogP) is 3.53. The number of carbonyl (C=O) groups is 1. The van der Waals surface area contributed by atoms with E-state index in [2.05, 4.69) is 25.5 Å². The van der Waals surface area contributed by atoms with Crippen LogP contribution in [0.5, 0.6) is 0 Å². The fourth-order valence-electron chi connectivity index (χ4n) is 3.00. The number of hydrogen-bond donors (Lipinski definition) is 1. The number of nitrogens with zero attached hydrogens (tertiary/aromatic N) is 6. The van der Waals surface area contributed by atoms with E-state index >= 15 is 0 Å². The van der Waals surface area contributed by atoms with Gasteiger partial charge in [0.2, 0.25) is 5.95 Å². The summed E-state index contributed by atoms with van der Waals surface area (Å²) in [6.07, 6.45) is 1.48. The van der Waals surface area contributed by atoms with Crippen molar-refractivity contribution in [2.75, 3.05) is 5.32 Å². The molecule has 1 amide bonds. The number of carbonyl (C=O) groups excluding carboxylic acids is 1. The molecule has 0 spiro atoms. The van der Waals surface area contributed by atoms with Crippen LogP contribution in [0.25, 0.3) is 5.65 Å². The average molecular weight is 432 g/mol. The van der Waals surface area contributed by atoms with Gasteiger partial charge in [0.05, 0.1) is 6.54 Å². The molecule has 3 heterocycles. The molecule has 3 aromatic heterocycles. The van der Waals surface area contributed by atoms with Crippen LogP contribution in [0, 0.1) is 13.8 Å². The second-order valence-electron chi connectivity index (χ2n) is 6.79. The molecule has 0 bridgehead atoms. The first-order chi connectivity index (χ1) is 14.2. The molecule has 0 aliphatic heterocycles. The zero-order chi connectivity index (χ0) is 21.5. The van der Waals surface area contributed by atoms with Crippen molar-refractivity contribution in [3.8, 4) is 0 Å². The Labute approximate surface area is 174 Å². The van der Waals surface area contributed by atoms with Gasteiger partial charge in [-0.1, -0.05) is 29.8 Å². The Balaban J connectivity index is 1.54. The Morgan fingerprint density at radius 1 is 1.20 bits per heavy atom. The summed E-state index contributed by atoms with van der Waals surface area (Å²) in [7, 11) is 0. The van der Waals surface area contributed by atoms with Gasteiger partial charge in [-0.25, -0.2) is 19.2 Å². The molecule has 0 saturated carbocycles. The summed E-state index contributed by atoms with van der Waals surface area (Å²) in [6, 6.07) is 10.3. The van der Waals surface area contributed by atoms with Gasteiger partial charge in [0.15, 0.2) is 11.3 Å². The highest BCUT2D eigenvalue weighted by atomic mass is 35.5. The summed E-state index contributed by atoms with van der Waals surface area (Å²) < 4.78 is 29.8. The van der Waals surface area contributed by atoms with Crippen LogP contribution in [0.1, 0.15) is 33.0 Å². The lowest BCUT2D eigenvalue weighted by Gasteiger charge is -2.10. The number of anilines is 1. The van der Waals surface area contributed by atoms with E-state index in [1.54, 1.807) is 11.6 Å². The minimum Gasteiger partial charge on any atom is -0.288 e. The van der Waals surface area contributed by atoms with Crippen molar-refractivity contribution >= 4 is 29.1 Å². The molecule has 0 unspecified atom stereocenters. The molecular weight excluding hydrogens is 416 g/mol. The normalized spacial score (nSPS) is 11.8. The third kappa shape index (κ3) is 4.13. The van der Waals surface area contributed by atoms with Crippen molar-refractivity contribution in [2.24, 2.45) is 0 Å². The molecule has 0 aliphatic rings. The molecule has 0 fully saturated rings. The summed E-state index contributed by atoms with van der Waals surface area (Å²) in [6.45, 7) is 4.02. The maximum atomic E-state index is 13.7. The van der Waals surface area contributed by atoms with E-state index in [0.717, 1.165) is 21.7 Å². The number of benzene rings is 1. The molecule has 1 N–H and O–H groups in total. The number of aromatic nitrogens is 6. The molecule has 0 atom stereocenters. The van der Waals surface area contributed by atoms with Crippen molar-refractivity contribution < 1.29 is 13.6 Å². The Morgan fingerprint density at radius 2 is 2.00 bits per heavy atom. The maximum Gasteiger partial charge on any atom is 0.364 e. The van der Waals surface area contributed by atoms with Crippen LogP contribution >= 0.6 is 11.6 Å². The molecule has 154 valence electrons. The number of alkyl halides is 3. The first kappa shape index (κ1) is 19.9. The smallest absolute Gasteiger partial charge is 0.288 e. The number of hydrogen-bond acceptors (Lipinski definition) is 5. The highest BCUT2D eigenvalue weighted by molar-refractivity contribution is 6.21. The molecule has 11 heteroatoms. The van der Waals surface area contributed by atoms with Gasteiger partial charge in [0.25, 0.3) is 5.91 Å². The van der Waals surface area contributed by atoms with Gasteiger partial charge in [0, 0.05) is 11.8 Å². The van der Waals surface area contributed by atoms with Crippen LogP contribution < -0.4 is 5.32 Å². The van der Waals surface area contributed by atoms with E-state index in [9.17, 15) is 13.6 Å². The van der Waals surface area contributed by atoms with Gasteiger partial charge in [-0.3, -0.25) is 10.1 Å². The summed E-state index contributed by atoms with van der Waals surface area (Å²) in [4.78, 5) is 20.7. The Hall–Kier alpha value is -3.40. The lowest BCUT2D eigenvalue weighted by Crippen LogP contribution is -2.16. The number of amides is 1. The van der Waals surface area contributed by atoms with Crippen molar-refractivity contribution in [2.45, 2.75) is 25.8 Å². The van der Waals surface area contributed by atoms with Crippen LogP contribution in [0.2, 0.25) is 0 Å². The molecule has 8 nitrogen and oxygen atoms in total. The zero-order valence-electron chi connectivity index (χ0n) is 16.0. The highest BCUT2D eigenvalue weighted by Gasteiger charge is 2.32. The van der Waals surface area contributed by atoms with Crippen molar-refractivity contribution in [1.29, 1.82) is 0 Å². The van der Waals surface area contributed by atoms with Crippen molar-refractivity contribution in [3.63, 3.8) is 0 Å². The molecule has 0 aliphatic carbocycles. The third-order valence-electron chi connectivity index (χ3n) is 4.27. The Kier molecular flexibility index (Phi) is 4.94. The van der Waals surface area contributed by atoms with E-state index in [4.69, 9.17) is 11.6 Å². The zero-order valence-corrected chi connectivity index (χ0v) is 16.7. The van der Waals surface area contributed by atoms with E-state index in [1.807, 2.05) is 31.2 Å². The quantitative estimate of drug-likeness (QED) is 0.488. The van der Waals surface area contributed by atoms with E-state index in [-0.39, 0.29) is 17.3 Å². The largest absolute Gasteiger partial charge is 0.364 e. The SMILES string of the molecule is Cc1cccc(Cn2cnc(NC(=O)c3cc4nc(C)cc(C(F)(F)Cl)n4n3)n2)c1. The molecule has 0 radical (unpaired) electrons. The highest BCUT2D eigenvalue weighted by Crippen LogP contribution is 2.32. The monoisotopic (exact) mass is 431 g/mol. The summed E-state index contributed by atoms with van der Waals surface area (Å²) in [5.74, 6) is -0.591. The summed E-state index contributed by atoms with van der Waals surface area (Å²) in [5, 5.41) is 6.96. The van der Waals surface area contributed by atoms with Gasteiger partial charge >= 0.3 is 5.38 Å². The maximum absolute atomic E-state index is 13.7. The fraction of sp³-hybridized carbons (Fsp3) is 0.211. The van der Waals surface area contributed by atoms with Crippen LogP contribution in [0.3, 0.4) is 0 Å². The van der Waals surface area contributed by atoms with Crippen LogP contribution in [-0.4, -0.2) is 35.3 Å². The lowest BCUT2D eigenvalue weighted by atomic mass is 10.1. The fourth-order valence-corrected chi connectivity index (χ4v) is 3.14. The van der Waals surface area contributed by atoms with Crippen LogP contribution in [0.4, 0.5) is 14.7 Å². The van der Waals surface area contributed by atoms with Gasteiger partial charge in [-0.15, -0.1) is 5.10 Å². The van der Waals surface area contributed by atoms with Crippen molar-refractivity contribution in [1.82, 2.24) is 29.4 Å². The number of halogens is 3. The Bertz CT molecular complexity index is 1250. The summed E-state index contributed by atoms with van der Waals surface area (Å²) in [5.41, 5.74) is 1.86. The minimum atomic E-state index is -3.66. The first-order valence-corrected chi connectivity index (χ1v) is 9.28. The van der Waals surface area contributed by atoms with Crippen LogP contribution in [0.15, 0.2) is 42.7 Å². The van der Waals surface area contributed by atoms with E-state index in [0.29, 0.717) is 12.2 Å². The number of fused-ring (bicyclic) bond motifs is 1. The molecule has 1 aromatic carbocycles. The average Bonchev–Trinajstić information content (AvgIpc) is 3.27. The van der Waals surface area contributed by atoms with Gasteiger partial charge < -0.3 is 0 Å². The standard InChI is InChI=1S/C19H16ClF2N7O/c1-11-4-3-5-13(6-11)9-28-10-23-18(27-28)25-17(30)14-8-16-24-12(2)7-15(19(20,21)22)29(16)26-14/h3-8,10H,9H2,1-2H3,(H,25,27,30). The lowest BCUT2D eigenvalue weighted by molar-refractivity contribution is 0.0868. The number of aryl methyl sites for hydroxylation is 2. The van der Waals surface area contributed by atoms with Crippen LogP contribution in [-0.2, 0) is 11.9 Å². The predicted molar refractivity (Wildman–Crippen MR) is 106 cm³/mol. The van der Waals surface area contributed by atoms with E-state index in [1.165, 1.54) is 12.4 Å². The Morgan fingerprint density at radius 3 is 2.73 bits per heavy atom. The van der Waals surface area contributed by atoms with Gasteiger partial charge in [-0.05, 0) is 37.1 Å². The molecular formula is C19H16ClF2N7O. The molecule has 30 heavy (non-hydrogen) atoms. The number of nitrogens with one attached hydrogen (secondary N) is 1. The second kappa shape index (κ2) is 7.45. The molecule has 0 saturated heterocycles.